The molecule has 0 saturated heterocycles. The van der Waals surface area contributed by atoms with Crippen molar-refractivity contribution in [2.45, 2.75) is 12.5 Å². The molecule has 0 spiro atoms. The number of aromatic nitrogens is 2. The quantitative estimate of drug-likeness (QED) is 0.508. The van der Waals surface area contributed by atoms with Crippen LogP contribution in [0, 0.1) is 0 Å². The second-order valence-corrected chi connectivity index (χ2v) is 7.50. The molecule has 2 heterocycles. The van der Waals surface area contributed by atoms with E-state index in [1.54, 1.807) is 11.3 Å². The van der Waals surface area contributed by atoms with Crippen molar-refractivity contribution in [3.05, 3.63) is 65.6 Å². The van der Waals surface area contributed by atoms with Gasteiger partial charge in [0.2, 0.25) is 0 Å². The van der Waals surface area contributed by atoms with Gasteiger partial charge in [0.15, 0.2) is 17.1 Å². The molecule has 132 valence electrons. The molecule has 0 aliphatic rings. The highest BCUT2D eigenvalue weighted by atomic mass is 35.5. The third-order valence-corrected chi connectivity index (χ3v) is 5.30. The molecule has 2 aromatic carbocycles. The minimum absolute atomic E-state index is 0.00549. The van der Waals surface area contributed by atoms with E-state index in [0.717, 1.165) is 38.1 Å². The van der Waals surface area contributed by atoms with Gasteiger partial charge in [0.25, 0.3) is 0 Å². The van der Waals surface area contributed by atoms with Crippen LogP contribution in [0.25, 0.3) is 21.5 Å². The van der Waals surface area contributed by atoms with E-state index >= 15 is 0 Å². The van der Waals surface area contributed by atoms with E-state index in [-0.39, 0.29) is 6.04 Å². The SMILES string of the molecule is NC(CNc1ncc(-c2ccc3ncoc3c2)s1)Cc1ccc(Cl)cc1. The Labute approximate surface area is 159 Å². The zero-order valence-corrected chi connectivity index (χ0v) is 15.4. The topological polar surface area (TPSA) is 77.0 Å². The predicted molar refractivity (Wildman–Crippen MR) is 107 cm³/mol. The van der Waals surface area contributed by atoms with Gasteiger partial charge < -0.3 is 15.5 Å². The van der Waals surface area contributed by atoms with E-state index in [1.807, 2.05) is 48.7 Å². The number of nitrogens with zero attached hydrogens (tertiary/aromatic N) is 2. The first-order chi connectivity index (χ1) is 12.7. The van der Waals surface area contributed by atoms with Crippen LogP contribution < -0.4 is 11.1 Å². The lowest BCUT2D eigenvalue weighted by atomic mass is 10.1. The van der Waals surface area contributed by atoms with Crippen LogP contribution in [0.5, 0.6) is 0 Å². The summed E-state index contributed by atoms with van der Waals surface area (Å²) in [7, 11) is 0. The first-order valence-electron chi connectivity index (χ1n) is 8.21. The lowest BCUT2D eigenvalue weighted by molar-refractivity contribution is 0.602. The second kappa shape index (κ2) is 7.45. The van der Waals surface area contributed by atoms with E-state index in [2.05, 4.69) is 15.3 Å². The normalized spacial score (nSPS) is 12.4. The van der Waals surface area contributed by atoms with Crippen molar-refractivity contribution in [3.63, 3.8) is 0 Å². The lowest BCUT2D eigenvalue weighted by Gasteiger charge is -2.12. The summed E-state index contributed by atoms with van der Waals surface area (Å²) in [6.07, 6.45) is 4.09. The number of nitrogens with two attached hydrogens (primary N) is 1. The van der Waals surface area contributed by atoms with Crippen LogP contribution in [0.4, 0.5) is 5.13 Å². The highest BCUT2D eigenvalue weighted by molar-refractivity contribution is 7.18. The van der Waals surface area contributed by atoms with E-state index in [9.17, 15) is 0 Å². The third-order valence-electron chi connectivity index (χ3n) is 4.05. The number of anilines is 1. The summed E-state index contributed by atoms with van der Waals surface area (Å²) in [6, 6.07) is 13.7. The minimum Gasteiger partial charge on any atom is -0.443 e. The standard InChI is InChI=1S/C19H17ClN4OS/c20-14-4-1-12(2-5-14)7-15(21)9-22-19-23-10-18(26-19)13-3-6-16-17(8-13)25-11-24-16/h1-6,8,10-11,15H,7,9,21H2,(H,22,23). The highest BCUT2D eigenvalue weighted by Gasteiger charge is 2.09. The largest absolute Gasteiger partial charge is 0.443 e. The number of halogens is 1. The summed E-state index contributed by atoms with van der Waals surface area (Å²) in [5.41, 5.74) is 10.1. The Kier molecular flexibility index (Phi) is 4.88. The van der Waals surface area contributed by atoms with Crippen molar-refractivity contribution in [1.29, 1.82) is 0 Å². The van der Waals surface area contributed by atoms with Gasteiger partial charge in [-0.25, -0.2) is 9.97 Å². The number of hydrogen-bond acceptors (Lipinski definition) is 6. The lowest BCUT2D eigenvalue weighted by Crippen LogP contribution is -2.31. The molecule has 4 aromatic rings. The summed E-state index contributed by atoms with van der Waals surface area (Å²) in [5.74, 6) is 0. The predicted octanol–water partition coefficient (Wildman–Crippen LogP) is 4.59. The molecular weight excluding hydrogens is 368 g/mol. The molecular formula is C19H17ClN4OS. The maximum atomic E-state index is 6.22. The molecule has 7 heteroatoms. The third kappa shape index (κ3) is 3.88. The fraction of sp³-hybridized carbons (Fsp3) is 0.158. The van der Waals surface area contributed by atoms with Crippen LogP contribution in [-0.2, 0) is 6.42 Å². The van der Waals surface area contributed by atoms with Gasteiger partial charge in [-0.1, -0.05) is 41.1 Å². The second-order valence-electron chi connectivity index (χ2n) is 6.04. The molecule has 0 bridgehead atoms. The average molecular weight is 385 g/mol. The highest BCUT2D eigenvalue weighted by Crippen LogP contribution is 2.30. The maximum Gasteiger partial charge on any atom is 0.183 e. The Morgan fingerprint density at radius 2 is 2.00 bits per heavy atom. The fourth-order valence-electron chi connectivity index (χ4n) is 2.71. The number of benzene rings is 2. The summed E-state index contributed by atoms with van der Waals surface area (Å²) in [4.78, 5) is 9.64. The Balaban J connectivity index is 1.37. The number of nitrogens with one attached hydrogen (secondary N) is 1. The Morgan fingerprint density at radius 3 is 2.85 bits per heavy atom. The average Bonchev–Trinajstić information content (AvgIpc) is 3.30. The zero-order valence-electron chi connectivity index (χ0n) is 13.9. The van der Waals surface area contributed by atoms with Gasteiger partial charge in [0.05, 0.1) is 4.88 Å². The molecule has 2 aromatic heterocycles. The van der Waals surface area contributed by atoms with Crippen LogP contribution in [0.2, 0.25) is 5.02 Å². The molecule has 1 unspecified atom stereocenters. The minimum atomic E-state index is -0.00549. The molecule has 26 heavy (non-hydrogen) atoms. The van der Waals surface area contributed by atoms with Crippen molar-refractivity contribution in [2.75, 3.05) is 11.9 Å². The molecule has 4 rings (SSSR count). The summed E-state index contributed by atoms with van der Waals surface area (Å²) in [5, 5.41) is 4.91. The molecule has 0 amide bonds. The maximum absolute atomic E-state index is 6.22. The number of hydrogen-bond donors (Lipinski definition) is 2. The molecule has 0 saturated carbocycles. The van der Waals surface area contributed by atoms with Crippen molar-refractivity contribution in [3.8, 4) is 10.4 Å². The fourth-order valence-corrected chi connectivity index (χ4v) is 3.66. The van der Waals surface area contributed by atoms with Crippen LogP contribution >= 0.6 is 22.9 Å². The Hall–Kier alpha value is -2.41. The summed E-state index contributed by atoms with van der Waals surface area (Å²) < 4.78 is 5.36. The van der Waals surface area contributed by atoms with Crippen molar-refractivity contribution >= 4 is 39.2 Å². The van der Waals surface area contributed by atoms with Crippen molar-refractivity contribution in [1.82, 2.24) is 9.97 Å². The molecule has 5 nitrogen and oxygen atoms in total. The molecule has 3 N–H and O–H groups in total. The molecule has 0 fully saturated rings. The van der Waals surface area contributed by atoms with Gasteiger partial charge in [0.1, 0.15) is 5.52 Å². The van der Waals surface area contributed by atoms with E-state index < -0.39 is 0 Å². The van der Waals surface area contributed by atoms with Gasteiger partial charge in [-0.15, -0.1) is 0 Å². The van der Waals surface area contributed by atoms with Crippen LogP contribution in [0.1, 0.15) is 5.56 Å². The number of thiazole rings is 1. The zero-order chi connectivity index (χ0) is 17.9. The van der Waals surface area contributed by atoms with Gasteiger partial charge in [-0.2, -0.15) is 0 Å². The summed E-state index contributed by atoms with van der Waals surface area (Å²) in [6.45, 7) is 0.650. The van der Waals surface area contributed by atoms with Crippen LogP contribution in [0.15, 0.2) is 59.5 Å². The van der Waals surface area contributed by atoms with Gasteiger partial charge in [-0.3, -0.25) is 0 Å². The van der Waals surface area contributed by atoms with E-state index in [4.69, 9.17) is 21.8 Å². The molecule has 0 aliphatic carbocycles. The molecule has 0 radical (unpaired) electrons. The Bertz CT molecular complexity index is 1010. The smallest absolute Gasteiger partial charge is 0.183 e. The number of oxazole rings is 1. The van der Waals surface area contributed by atoms with Crippen LogP contribution in [0.3, 0.4) is 0 Å². The molecule has 0 aliphatic heterocycles. The van der Waals surface area contributed by atoms with Crippen LogP contribution in [-0.4, -0.2) is 22.6 Å². The summed E-state index contributed by atoms with van der Waals surface area (Å²) >= 11 is 7.50. The van der Waals surface area contributed by atoms with Crippen molar-refractivity contribution < 1.29 is 4.42 Å². The van der Waals surface area contributed by atoms with E-state index in [0.29, 0.717) is 6.54 Å². The molecule has 1 atom stereocenters. The number of rotatable bonds is 6. The van der Waals surface area contributed by atoms with Gasteiger partial charge in [-0.05, 0) is 41.8 Å². The first-order valence-corrected chi connectivity index (χ1v) is 9.40. The number of fused-ring (bicyclic) bond motifs is 1. The van der Waals surface area contributed by atoms with E-state index in [1.165, 1.54) is 12.0 Å². The Morgan fingerprint density at radius 1 is 1.15 bits per heavy atom. The van der Waals surface area contributed by atoms with Crippen molar-refractivity contribution in [2.24, 2.45) is 5.73 Å². The monoisotopic (exact) mass is 384 g/mol. The first kappa shape index (κ1) is 17.0. The van der Waals surface area contributed by atoms with Gasteiger partial charge >= 0.3 is 0 Å². The van der Waals surface area contributed by atoms with Gasteiger partial charge in [0, 0.05) is 23.8 Å².